The Morgan fingerprint density at radius 1 is 1.45 bits per heavy atom. The normalized spacial score (nSPS) is 11.0. The number of carbonyl (C=O) groups excluding carboxylic acids is 1. The lowest BCUT2D eigenvalue weighted by Crippen LogP contribution is -2.00. The molecule has 0 amide bonds. The first-order valence-electron chi connectivity index (χ1n) is 6.31. The zero-order chi connectivity index (χ0) is 16.1. The van der Waals surface area contributed by atoms with E-state index in [4.69, 9.17) is 5.11 Å². The standard InChI is InChI=1S/C15H13FN2O3S/c1-18-8-10(7-17-18)2-4-13(19)11-3-5-14(12(16)6-11)22-9-15(20)21/h2-8H,9H2,1H3,(H,20,21)/b4-2-. The van der Waals surface area contributed by atoms with Gasteiger partial charge in [-0.05, 0) is 30.4 Å². The minimum atomic E-state index is -1.02. The molecule has 114 valence electrons. The smallest absolute Gasteiger partial charge is 0.313 e. The molecule has 0 unspecified atom stereocenters. The Hall–Kier alpha value is -2.41. The molecule has 0 fully saturated rings. The van der Waals surface area contributed by atoms with Crippen molar-refractivity contribution in [1.29, 1.82) is 0 Å². The minimum absolute atomic E-state index is 0.204. The number of halogens is 1. The molecule has 22 heavy (non-hydrogen) atoms. The highest BCUT2D eigenvalue weighted by Gasteiger charge is 2.09. The molecule has 1 heterocycles. The Balaban J connectivity index is 2.08. The number of carbonyl (C=O) groups is 2. The highest BCUT2D eigenvalue weighted by atomic mass is 32.2. The van der Waals surface area contributed by atoms with Crippen molar-refractivity contribution in [3.8, 4) is 0 Å². The van der Waals surface area contributed by atoms with Crippen LogP contribution >= 0.6 is 11.8 Å². The third kappa shape index (κ3) is 4.29. The largest absolute Gasteiger partial charge is 0.481 e. The van der Waals surface area contributed by atoms with Crippen molar-refractivity contribution in [2.75, 3.05) is 5.75 Å². The Morgan fingerprint density at radius 3 is 2.82 bits per heavy atom. The van der Waals surface area contributed by atoms with Gasteiger partial charge in [0.2, 0.25) is 0 Å². The number of aryl methyl sites for hydroxylation is 1. The van der Waals surface area contributed by atoms with E-state index in [-0.39, 0.29) is 22.0 Å². The molecule has 1 N–H and O–H groups in total. The van der Waals surface area contributed by atoms with Gasteiger partial charge >= 0.3 is 5.97 Å². The second-order valence-corrected chi connectivity index (χ2v) is 5.49. The average molecular weight is 320 g/mol. The summed E-state index contributed by atoms with van der Waals surface area (Å²) in [4.78, 5) is 22.6. The topological polar surface area (TPSA) is 72.2 Å². The molecule has 2 aromatic rings. The third-order valence-corrected chi connectivity index (χ3v) is 3.75. The van der Waals surface area contributed by atoms with Crippen LogP contribution in [-0.2, 0) is 11.8 Å². The first-order valence-corrected chi connectivity index (χ1v) is 7.29. The van der Waals surface area contributed by atoms with Crippen molar-refractivity contribution in [1.82, 2.24) is 9.78 Å². The van der Waals surface area contributed by atoms with Crippen molar-refractivity contribution in [3.05, 3.63) is 53.6 Å². The summed E-state index contributed by atoms with van der Waals surface area (Å²) in [5.74, 6) is -2.20. The fourth-order valence-corrected chi connectivity index (χ4v) is 2.35. The zero-order valence-corrected chi connectivity index (χ0v) is 12.5. The van der Waals surface area contributed by atoms with Crippen molar-refractivity contribution in [2.24, 2.45) is 7.05 Å². The van der Waals surface area contributed by atoms with Crippen molar-refractivity contribution < 1.29 is 19.1 Å². The van der Waals surface area contributed by atoms with Crippen LogP contribution in [0.5, 0.6) is 0 Å². The lowest BCUT2D eigenvalue weighted by atomic mass is 10.1. The number of aromatic nitrogens is 2. The summed E-state index contributed by atoms with van der Waals surface area (Å²) < 4.78 is 15.4. The Morgan fingerprint density at radius 2 is 2.23 bits per heavy atom. The van der Waals surface area contributed by atoms with Crippen LogP contribution in [0.2, 0.25) is 0 Å². The summed E-state index contributed by atoms with van der Waals surface area (Å²) in [6, 6.07) is 4.00. The van der Waals surface area contributed by atoms with E-state index >= 15 is 0 Å². The monoisotopic (exact) mass is 320 g/mol. The number of aliphatic carboxylic acids is 1. The number of carboxylic acid groups (broad SMARTS) is 1. The zero-order valence-electron chi connectivity index (χ0n) is 11.7. The number of nitrogens with zero attached hydrogens (tertiary/aromatic N) is 2. The first-order chi connectivity index (χ1) is 10.5. The van der Waals surface area contributed by atoms with Gasteiger partial charge in [0.1, 0.15) is 5.82 Å². The Labute approximate surface area is 130 Å². The van der Waals surface area contributed by atoms with Gasteiger partial charge < -0.3 is 5.11 Å². The molecule has 0 atom stereocenters. The number of hydrogen-bond donors (Lipinski definition) is 1. The summed E-state index contributed by atoms with van der Waals surface area (Å²) in [5.41, 5.74) is 0.974. The van der Waals surface area contributed by atoms with E-state index in [1.165, 1.54) is 18.2 Å². The van der Waals surface area contributed by atoms with Gasteiger partial charge in [-0.3, -0.25) is 14.3 Å². The number of benzene rings is 1. The lowest BCUT2D eigenvalue weighted by molar-refractivity contribution is -0.133. The summed E-state index contributed by atoms with van der Waals surface area (Å²) in [6.45, 7) is 0. The highest BCUT2D eigenvalue weighted by Crippen LogP contribution is 2.23. The van der Waals surface area contributed by atoms with Gasteiger partial charge in [-0.25, -0.2) is 4.39 Å². The van der Waals surface area contributed by atoms with E-state index < -0.39 is 11.8 Å². The molecule has 2 rings (SSSR count). The molecular weight excluding hydrogens is 307 g/mol. The van der Waals surface area contributed by atoms with Gasteiger partial charge in [-0.2, -0.15) is 5.10 Å². The van der Waals surface area contributed by atoms with Crippen LogP contribution in [0.3, 0.4) is 0 Å². The number of hydrogen-bond acceptors (Lipinski definition) is 4. The second-order valence-electron chi connectivity index (χ2n) is 4.47. The number of rotatable bonds is 6. The van der Waals surface area contributed by atoms with Crippen LogP contribution in [0.15, 0.2) is 41.6 Å². The molecule has 1 aromatic heterocycles. The SMILES string of the molecule is Cn1cc(/C=C\C(=O)c2ccc(SCC(=O)O)c(F)c2)cn1. The molecule has 5 nitrogen and oxygen atoms in total. The van der Waals surface area contributed by atoms with Crippen LogP contribution in [0.4, 0.5) is 4.39 Å². The number of ketones is 1. The fraction of sp³-hybridized carbons (Fsp3) is 0.133. The van der Waals surface area contributed by atoms with Crippen LogP contribution in [0.25, 0.3) is 6.08 Å². The van der Waals surface area contributed by atoms with E-state index in [2.05, 4.69) is 5.10 Å². The summed E-state index contributed by atoms with van der Waals surface area (Å²) in [5, 5.41) is 12.5. The van der Waals surface area contributed by atoms with E-state index in [1.54, 1.807) is 30.2 Å². The van der Waals surface area contributed by atoms with E-state index in [0.29, 0.717) is 0 Å². The first kappa shape index (κ1) is 16.0. The molecule has 0 aliphatic heterocycles. The molecule has 0 saturated heterocycles. The Kier molecular flexibility index (Phi) is 5.11. The fourth-order valence-electron chi connectivity index (χ4n) is 1.70. The van der Waals surface area contributed by atoms with Gasteiger partial charge in [0.25, 0.3) is 0 Å². The van der Waals surface area contributed by atoms with Crippen molar-refractivity contribution >= 4 is 29.6 Å². The lowest BCUT2D eigenvalue weighted by Gasteiger charge is -2.02. The van der Waals surface area contributed by atoms with Gasteiger partial charge in [0.15, 0.2) is 5.78 Å². The van der Waals surface area contributed by atoms with Crippen LogP contribution in [0.1, 0.15) is 15.9 Å². The molecule has 0 bridgehead atoms. The van der Waals surface area contributed by atoms with Crippen LogP contribution in [-0.4, -0.2) is 32.4 Å². The predicted octanol–water partition coefficient (Wildman–Crippen LogP) is 2.63. The Bertz CT molecular complexity index is 740. The van der Waals surface area contributed by atoms with Gasteiger partial charge in [0.05, 0.1) is 11.9 Å². The minimum Gasteiger partial charge on any atom is -0.481 e. The number of allylic oxidation sites excluding steroid dienone is 1. The third-order valence-electron chi connectivity index (χ3n) is 2.72. The number of thioether (sulfide) groups is 1. The molecule has 7 heteroatoms. The molecule has 0 saturated carbocycles. The van der Waals surface area contributed by atoms with Crippen LogP contribution in [0, 0.1) is 5.82 Å². The maximum absolute atomic E-state index is 13.8. The maximum Gasteiger partial charge on any atom is 0.313 e. The van der Waals surface area contributed by atoms with E-state index in [9.17, 15) is 14.0 Å². The molecular formula is C15H13FN2O3S. The molecule has 0 spiro atoms. The quantitative estimate of drug-likeness (QED) is 0.503. The maximum atomic E-state index is 13.8. The van der Waals surface area contributed by atoms with Crippen molar-refractivity contribution in [2.45, 2.75) is 4.90 Å². The molecule has 0 aliphatic carbocycles. The summed E-state index contributed by atoms with van der Waals surface area (Å²) in [7, 11) is 1.77. The van der Waals surface area contributed by atoms with Crippen LogP contribution < -0.4 is 0 Å². The van der Waals surface area contributed by atoms with Gasteiger partial charge in [-0.1, -0.05) is 0 Å². The van der Waals surface area contributed by atoms with Gasteiger partial charge in [-0.15, -0.1) is 11.8 Å². The summed E-state index contributed by atoms with van der Waals surface area (Å²) >= 11 is 0.874. The molecule has 0 radical (unpaired) electrons. The van der Waals surface area contributed by atoms with E-state index in [0.717, 1.165) is 23.4 Å². The van der Waals surface area contributed by atoms with Gasteiger partial charge in [0, 0.05) is 29.3 Å². The summed E-state index contributed by atoms with van der Waals surface area (Å²) in [6.07, 6.45) is 6.29. The number of carboxylic acids is 1. The second kappa shape index (κ2) is 7.04. The van der Waals surface area contributed by atoms with E-state index in [1.807, 2.05) is 0 Å². The van der Waals surface area contributed by atoms with Crippen molar-refractivity contribution in [3.63, 3.8) is 0 Å². The average Bonchev–Trinajstić information content (AvgIpc) is 2.89. The molecule has 0 aliphatic rings. The molecule has 1 aromatic carbocycles. The predicted molar refractivity (Wildman–Crippen MR) is 81.3 cm³/mol. The highest BCUT2D eigenvalue weighted by molar-refractivity contribution is 8.00.